The lowest BCUT2D eigenvalue weighted by Crippen LogP contribution is -2.17. The zero-order valence-corrected chi connectivity index (χ0v) is 12.3. The van der Waals surface area contributed by atoms with E-state index in [9.17, 15) is 4.39 Å². The van der Waals surface area contributed by atoms with Gasteiger partial charge in [0, 0.05) is 12.3 Å². The Morgan fingerprint density at radius 3 is 3.05 bits per heavy atom. The fourth-order valence-electron chi connectivity index (χ4n) is 2.99. The summed E-state index contributed by atoms with van der Waals surface area (Å²) in [6.07, 6.45) is 3.53. The summed E-state index contributed by atoms with van der Waals surface area (Å²) in [5.74, 6) is 1.32. The summed E-state index contributed by atoms with van der Waals surface area (Å²) >= 11 is 5.77. The quantitative estimate of drug-likeness (QED) is 0.941. The van der Waals surface area contributed by atoms with E-state index in [0.717, 1.165) is 19.3 Å². The van der Waals surface area contributed by atoms with Crippen LogP contribution in [-0.4, -0.2) is 16.7 Å². The molecule has 1 heterocycles. The van der Waals surface area contributed by atoms with Crippen molar-refractivity contribution in [1.29, 1.82) is 0 Å². The minimum absolute atomic E-state index is 0.107. The van der Waals surface area contributed by atoms with Crippen LogP contribution in [0.25, 0.3) is 0 Å². The zero-order chi connectivity index (χ0) is 14.8. The predicted molar refractivity (Wildman–Crippen MR) is 77.7 cm³/mol. The third kappa shape index (κ3) is 2.94. The second kappa shape index (κ2) is 6.12. The third-order valence-corrected chi connectivity index (χ3v) is 4.43. The van der Waals surface area contributed by atoms with Gasteiger partial charge in [0.25, 0.3) is 0 Å². The van der Waals surface area contributed by atoms with E-state index in [4.69, 9.17) is 21.9 Å². The molecule has 21 heavy (non-hydrogen) atoms. The Hall–Kier alpha value is -1.46. The molecule has 0 aliphatic heterocycles. The normalized spacial score (nSPS) is 21.9. The van der Waals surface area contributed by atoms with Crippen LogP contribution in [0, 0.1) is 11.7 Å². The molecule has 112 valence electrons. The molecule has 1 aromatic heterocycles. The van der Waals surface area contributed by atoms with Crippen LogP contribution in [0.2, 0.25) is 5.02 Å². The lowest BCUT2D eigenvalue weighted by molar-refractivity contribution is 0.323. The van der Waals surface area contributed by atoms with Gasteiger partial charge >= 0.3 is 0 Å². The van der Waals surface area contributed by atoms with Crippen LogP contribution < -0.4 is 5.73 Å². The van der Waals surface area contributed by atoms with Crippen LogP contribution >= 0.6 is 11.6 Å². The first-order valence-electron chi connectivity index (χ1n) is 7.14. The van der Waals surface area contributed by atoms with Gasteiger partial charge in [-0.05, 0) is 36.9 Å². The van der Waals surface area contributed by atoms with Gasteiger partial charge in [0.1, 0.15) is 5.82 Å². The second-order valence-corrected chi connectivity index (χ2v) is 5.88. The van der Waals surface area contributed by atoms with Crippen LogP contribution in [0.5, 0.6) is 0 Å². The summed E-state index contributed by atoms with van der Waals surface area (Å²) in [5.41, 5.74) is 6.24. The standard InChI is InChI=1S/C15H17ClFN3O/c16-12-6-2-3-9(14(12)17)7-13-19-15(21-20-13)11-5-1-4-10(11)8-18/h2-3,6,10-11H,1,4-5,7-8,18H2. The van der Waals surface area contributed by atoms with Gasteiger partial charge in [0.15, 0.2) is 5.82 Å². The lowest BCUT2D eigenvalue weighted by Gasteiger charge is -2.12. The van der Waals surface area contributed by atoms with E-state index in [1.807, 2.05) is 0 Å². The number of halogens is 2. The van der Waals surface area contributed by atoms with E-state index in [2.05, 4.69) is 10.1 Å². The molecule has 0 bridgehead atoms. The molecule has 4 nitrogen and oxygen atoms in total. The molecular formula is C15H17ClFN3O. The number of rotatable bonds is 4. The fraction of sp³-hybridized carbons (Fsp3) is 0.467. The van der Waals surface area contributed by atoms with Crippen molar-refractivity contribution < 1.29 is 8.91 Å². The fourth-order valence-corrected chi connectivity index (χ4v) is 3.18. The van der Waals surface area contributed by atoms with E-state index < -0.39 is 5.82 Å². The number of hydrogen-bond acceptors (Lipinski definition) is 4. The molecule has 0 spiro atoms. The first-order chi connectivity index (χ1) is 10.2. The molecule has 3 rings (SSSR count). The van der Waals surface area contributed by atoms with E-state index in [0.29, 0.717) is 29.7 Å². The maximum Gasteiger partial charge on any atom is 0.230 e. The van der Waals surface area contributed by atoms with Gasteiger partial charge in [0.2, 0.25) is 5.89 Å². The number of nitrogens with zero attached hydrogens (tertiary/aromatic N) is 2. The number of nitrogens with two attached hydrogens (primary N) is 1. The molecule has 0 radical (unpaired) electrons. The van der Waals surface area contributed by atoms with E-state index in [1.165, 1.54) is 6.07 Å². The molecule has 2 N–H and O–H groups in total. The van der Waals surface area contributed by atoms with Crippen molar-refractivity contribution >= 4 is 11.6 Å². The number of aromatic nitrogens is 2. The summed E-state index contributed by atoms with van der Waals surface area (Å²) in [4.78, 5) is 4.41. The highest BCUT2D eigenvalue weighted by Gasteiger charge is 2.31. The molecule has 2 atom stereocenters. The maximum absolute atomic E-state index is 13.9. The predicted octanol–water partition coefficient (Wildman–Crippen LogP) is 3.30. The van der Waals surface area contributed by atoms with Crippen LogP contribution in [-0.2, 0) is 6.42 Å². The van der Waals surface area contributed by atoms with Crippen molar-refractivity contribution in [3.05, 3.63) is 46.3 Å². The van der Waals surface area contributed by atoms with Crippen molar-refractivity contribution in [2.45, 2.75) is 31.6 Å². The van der Waals surface area contributed by atoms with E-state index in [1.54, 1.807) is 12.1 Å². The van der Waals surface area contributed by atoms with Gasteiger partial charge in [-0.25, -0.2) is 4.39 Å². The van der Waals surface area contributed by atoms with Crippen LogP contribution in [0.15, 0.2) is 22.7 Å². The van der Waals surface area contributed by atoms with Gasteiger partial charge in [-0.15, -0.1) is 0 Å². The Balaban J connectivity index is 1.77. The smallest absolute Gasteiger partial charge is 0.230 e. The highest BCUT2D eigenvalue weighted by molar-refractivity contribution is 6.30. The van der Waals surface area contributed by atoms with Crippen molar-refractivity contribution in [3.8, 4) is 0 Å². The van der Waals surface area contributed by atoms with E-state index >= 15 is 0 Å². The number of hydrogen-bond donors (Lipinski definition) is 1. The summed E-state index contributed by atoms with van der Waals surface area (Å²) in [6.45, 7) is 0.630. The largest absolute Gasteiger partial charge is 0.339 e. The molecule has 1 aliphatic rings. The lowest BCUT2D eigenvalue weighted by atomic mass is 9.96. The molecular weight excluding hydrogens is 293 g/mol. The van der Waals surface area contributed by atoms with Crippen molar-refractivity contribution in [3.63, 3.8) is 0 Å². The second-order valence-electron chi connectivity index (χ2n) is 5.47. The highest BCUT2D eigenvalue weighted by atomic mass is 35.5. The highest BCUT2D eigenvalue weighted by Crippen LogP contribution is 2.38. The third-order valence-electron chi connectivity index (χ3n) is 4.14. The van der Waals surface area contributed by atoms with Crippen LogP contribution in [0.3, 0.4) is 0 Å². The summed E-state index contributed by atoms with van der Waals surface area (Å²) in [7, 11) is 0. The zero-order valence-electron chi connectivity index (χ0n) is 11.6. The topological polar surface area (TPSA) is 64.9 Å². The Bertz CT molecular complexity index is 631. The Morgan fingerprint density at radius 1 is 1.38 bits per heavy atom. The van der Waals surface area contributed by atoms with Gasteiger partial charge in [-0.2, -0.15) is 4.98 Å². The maximum atomic E-state index is 13.9. The van der Waals surface area contributed by atoms with Crippen molar-refractivity contribution in [1.82, 2.24) is 10.1 Å². The molecule has 2 unspecified atom stereocenters. The Morgan fingerprint density at radius 2 is 2.24 bits per heavy atom. The van der Waals surface area contributed by atoms with Gasteiger partial charge in [-0.3, -0.25) is 0 Å². The first kappa shape index (κ1) is 14.5. The molecule has 1 aliphatic carbocycles. The minimum atomic E-state index is -0.425. The average molecular weight is 310 g/mol. The van der Waals surface area contributed by atoms with Gasteiger partial charge < -0.3 is 10.3 Å². The first-order valence-corrected chi connectivity index (χ1v) is 7.52. The summed E-state index contributed by atoms with van der Waals surface area (Å²) in [5, 5.41) is 4.07. The molecule has 2 aromatic rings. The van der Waals surface area contributed by atoms with E-state index in [-0.39, 0.29) is 17.4 Å². The Kier molecular flexibility index (Phi) is 4.22. The number of benzene rings is 1. The van der Waals surface area contributed by atoms with Gasteiger partial charge in [-0.1, -0.05) is 35.3 Å². The Labute approximate surface area is 127 Å². The molecule has 1 saturated carbocycles. The van der Waals surface area contributed by atoms with Crippen LogP contribution in [0.1, 0.15) is 42.5 Å². The summed E-state index contributed by atoms with van der Waals surface area (Å²) in [6, 6.07) is 4.91. The molecule has 0 amide bonds. The van der Waals surface area contributed by atoms with Gasteiger partial charge in [0.05, 0.1) is 5.02 Å². The summed E-state index contributed by atoms with van der Waals surface area (Å²) < 4.78 is 19.2. The minimum Gasteiger partial charge on any atom is -0.339 e. The molecule has 0 saturated heterocycles. The van der Waals surface area contributed by atoms with Crippen LogP contribution in [0.4, 0.5) is 4.39 Å². The molecule has 1 aromatic carbocycles. The monoisotopic (exact) mass is 309 g/mol. The van der Waals surface area contributed by atoms with Crippen molar-refractivity contribution in [2.24, 2.45) is 11.7 Å². The molecule has 1 fully saturated rings. The van der Waals surface area contributed by atoms with Crippen molar-refractivity contribution in [2.75, 3.05) is 6.54 Å². The SMILES string of the molecule is NCC1CCCC1c1nc(Cc2cccc(Cl)c2F)no1. The average Bonchev–Trinajstić information content (AvgIpc) is 3.12. The molecule has 6 heteroatoms.